The van der Waals surface area contributed by atoms with Crippen LogP contribution in [0.25, 0.3) is 0 Å². The van der Waals surface area contributed by atoms with Gasteiger partial charge in [0.05, 0.1) is 6.54 Å². The van der Waals surface area contributed by atoms with Crippen LogP contribution in [0, 0.1) is 12.8 Å². The fraction of sp³-hybridized carbons (Fsp3) is 0.526. The molecule has 2 N–H and O–H groups in total. The fourth-order valence-electron chi connectivity index (χ4n) is 2.53. The van der Waals surface area contributed by atoms with Gasteiger partial charge in [-0.2, -0.15) is 0 Å². The maximum Gasteiger partial charge on any atom is 0.252 e. The van der Waals surface area contributed by atoms with E-state index in [9.17, 15) is 14.4 Å². The largest absolute Gasteiger partial charge is 0.355 e. The van der Waals surface area contributed by atoms with E-state index in [-0.39, 0.29) is 30.2 Å². The summed E-state index contributed by atoms with van der Waals surface area (Å²) in [6.45, 7) is 10.2. The minimum Gasteiger partial charge on any atom is -0.355 e. The summed E-state index contributed by atoms with van der Waals surface area (Å²) in [5, 5.41) is 5.52. The average molecular weight is 347 g/mol. The van der Waals surface area contributed by atoms with Gasteiger partial charge in [0.15, 0.2) is 0 Å². The number of hydrogen-bond donors (Lipinski definition) is 2. The Bertz CT molecular complexity index is 614. The minimum atomic E-state index is -0.679. The average Bonchev–Trinajstić information content (AvgIpc) is 2.57. The molecular formula is C19H29N3O3. The lowest BCUT2D eigenvalue weighted by Gasteiger charge is -2.28. The smallest absolute Gasteiger partial charge is 0.252 e. The summed E-state index contributed by atoms with van der Waals surface area (Å²) in [4.78, 5) is 38.7. The van der Waals surface area contributed by atoms with Gasteiger partial charge in [-0.05, 0) is 38.3 Å². The van der Waals surface area contributed by atoms with E-state index in [4.69, 9.17) is 0 Å². The number of likely N-dealkylation sites (N-methyl/N-ethyl adjacent to an activating group) is 2. The molecule has 0 aliphatic carbocycles. The summed E-state index contributed by atoms with van der Waals surface area (Å²) in [5.41, 5.74) is 1.40. The van der Waals surface area contributed by atoms with Crippen LogP contribution in [0.3, 0.4) is 0 Å². The standard InChI is InChI=1S/C19H29N3O3/c1-6-20-16(23)12-22(7-2)19(25)17(13(3)4)21-18(24)15-11-9-8-10-14(15)5/h8-11,13,17H,6-7,12H2,1-5H3,(H,20,23)(H,21,24). The Hall–Kier alpha value is -2.37. The molecule has 0 aliphatic heterocycles. The van der Waals surface area contributed by atoms with E-state index < -0.39 is 6.04 Å². The quantitative estimate of drug-likeness (QED) is 0.752. The van der Waals surface area contributed by atoms with E-state index in [2.05, 4.69) is 10.6 Å². The van der Waals surface area contributed by atoms with Crippen molar-refractivity contribution >= 4 is 17.7 Å². The lowest BCUT2D eigenvalue weighted by Crippen LogP contribution is -2.53. The Labute approximate surface area is 150 Å². The second-order valence-corrected chi connectivity index (χ2v) is 6.32. The number of amides is 3. The van der Waals surface area contributed by atoms with E-state index in [0.29, 0.717) is 18.7 Å². The zero-order valence-electron chi connectivity index (χ0n) is 15.8. The molecule has 0 radical (unpaired) electrons. The highest BCUT2D eigenvalue weighted by Crippen LogP contribution is 2.11. The molecule has 0 aliphatic rings. The molecule has 0 spiro atoms. The van der Waals surface area contributed by atoms with Gasteiger partial charge in [0.2, 0.25) is 11.8 Å². The number of benzene rings is 1. The van der Waals surface area contributed by atoms with E-state index in [1.807, 2.05) is 46.8 Å². The van der Waals surface area contributed by atoms with Crippen LogP contribution in [-0.4, -0.2) is 48.3 Å². The molecule has 0 heterocycles. The number of rotatable bonds is 8. The Morgan fingerprint density at radius 3 is 2.28 bits per heavy atom. The van der Waals surface area contributed by atoms with Crippen molar-refractivity contribution in [3.05, 3.63) is 35.4 Å². The first kappa shape index (κ1) is 20.7. The second kappa shape index (κ2) is 9.81. The number of hydrogen-bond acceptors (Lipinski definition) is 3. The van der Waals surface area contributed by atoms with Crippen LogP contribution in [0.15, 0.2) is 24.3 Å². The van der Waals surface area contributed by atoms with Gasteiger partial charge in [-0.1, -0.05) is 32.0 Å². The lowest BCUT2D eigenvalue weighted by molar-refractivity contribution is -0.138. The molecule has 1 aromatic rings. The first-order valence-electron chi connectivity index (χ1n) is 8.73. The molecular weight excluding hydrogens is 318 g/mol. The Morgan fingerprint density at radius 1 is 1.12 bits per heavy atom. The van der Waals surface area contributed by atoms with Crippen molar-refractivity contribution < 1.29 is 14.4 Å². The third-order valence-corrected chi connectivity index (χ3v) is 4.01. The van der Waals surface area contributed by atoms with Gasteiger partial charge >= 0.3 is 0 Å². The molecule has 1 rings (SSSR count). The summed E-state index contributed by atoms with van der Waals surface area (Å²) in [6.07, 6.45) is 0. The van der Waals surface area contributed by atoms with E-state index in [0.717, 1.165) is 5.56 Å². The van der Waals surface area contributed by atoms with Crippen LogP contribution in [0.4, 0.5) is 0 Å². The summed E-state index contributed by atoms with van der Waals surface area (Å²) in [6, 6.07) is 6.57. The lowest BCUT2D eigenvalue weighted by atomic mass is 10.0. The van der Waals surface area contributed by atoms with Crippen molar-refractivity contribution in [3.63, 3.8) is 0 Å². The van der Waals surface area contributed by atoms with Gasteiger partial charge in [-0.15, -0.1) is 0 Å². The number of aryl methyl sites for hydroxylation is 1. The van der Waals surface area contributed by atoms with Crippen LogP contribution >= 0.6 is 0 Å². The van der Waals surface area contributed by atoms with Crippen molar-refractivity contribution in [2.24, 2.45) is 5.92 Å². The van der Waals surface area contributed by atoms with Crippen LogP contribution in [0.2, 0.25) is 0 Å². The highest BCUT2D eigenvalue weighted by molar-refractivity contribution is 5.99. The first-order chi connectivity index (χ1) is 11.8. The molecule has 6 heteroatoms. The van der Waals surface area contributed by atoms with Crippen LogP contribution in [0.5, 0.6) is 0 Å². The van der Waals surface area contributed by atoms with Gasteiger partial charge < -0.3 is 15.5 Å². The Morgan fingerprint density at radius 2 is 1.76 bits per heavy atom. The minimum absolute atomic E-state index is 0.00731. The summed E-state index contributed by atoms with van der Waals surface area (Å²) in [5.74, 6) is -0.820. The SMILES string of the molecule is CCNC(=O)CN(CC)C(=O)C(NC(=O)c1ccccc1C)C(C)C. The summed E-state index contributed by atoms with van der Waals surface area (Å²) < 4.78 is 0. The van der Waals surface area contributed by atoms with Crippen molar-refractivity contribution in [3.8, 4) is 0 Å². The third-order valence-electron chi connectivity index (χ3n) is 4.01. The normalized spacial score (nSPS) is 11.8. The molecule has 0 saturated heterocycles. The van der Waals surface area contributed by atoms with Gasteiger partial charge in [-0.25, -0.2) is 0 Å². The molecule has 1 atom stereocenters. The molecule has 25 heavy (non-hydrogen) atoms. The van der Waals surface area contributed by atoms with Crippen molar-refractivity contribution in [1.82, 2.24) is 15.5 Å². The maximum atomic E-state index is 12.8. The molecule has 0 aromatic heterocycles. The fourth-order valence-corrected chi connectivity index (χ4v) is 2.53. The van der Waals surface area contributed by atoms with Gasteiger partial charge in [0.1, 0.15) is 6.04 Å². The third kappa shape index (κ3) is 5.89. The van der Waals surface area contributed by atoms with E-state index in [1.165, 1.54) is 4.90 Å². The molecule has 0 saturated carbocycles. The zero-order valence-corrected chi connectivity index (χ0v) is 15.8. The molecule has 6 nitrogen and oxygen atoms in total. The number of nitrogens with zero attached hydrogens (tertiary/aromatic N) is 1. The molecule has 3 amide bonds. The molecule has 0 fully saturated rings. The number of carbonyl (C=O) groups excluding carboxylic acids is 3. The highest BCUT2D eigenvalue weighted by Gasteiger charge is 2.29. The molecule has 138 valence electrons. The Kier molecular flexibility index (Phi) is 8.11. The van der Waals surface area contributed by atoms with Crippen LogP contribution in [-0.2, 0) is 9.59 Å². The summed E-state index contributed by atoms with van der Waals surface area (Å²) in [7, 11) is 0. The predicted octanol–water partition coefficient (Wildman–Crippen LogP) is 1.73. The van der Waals surface area contributed by atoms with Crippen LogP contribution < -0.4 is 10.6 Å². The topological polar surface area (TPSA) is 78.5 Å². The van der Waals surface area contributed by atoms with Gasteiger partial charge in [0, 0.05) is 18.7 Å². The zero-order chi connectivity index (χ0) is 19.0. The Balaban J connectivity index is 2.90. The molecule has 1 unspecified atom stereocenters. The maximum absolute atomic E-state index is 12.8. The molecule has 1 aromatic carbocycles. The second-order valence-electron chi connectivity index (χ2n) is 6.32. The predicted molar refractivity (Wildman–Crippen MR) is 98.2 cm³/mol. The van der Waals surface area contributed by atoms with Gasteiger partial charge in [0.25, 0.3) is 5.91 Å². The highest BCUT2D eigenvalue weighted by atomic mass is 16.2. The van der Waals surface area contributed by atoms with Crippen molar-refractivity contribution in [2.75, 3.05) is 19.6 Å². The first-order valence-corrected chi connectivity index (χ1v) is 8.73. The van der Waals surface area contributed by atoms with E-state index in [1.54, 1.807) is 12.1 Å². The van der Waals surface area contributed by atoms with Crippen molar-refractivity contribution in [2.45, 2.75) is 40.7 Å². The van der Waals surface area contributed by atoms with Crippen molar-refractivity contribution in [1.29, 1.82) is 0 Å². The summed E-state index contributed by atoms with van der Waals surface area (Å²) >= 11 is 0. The number of carbonyl (C=O) groups is 3. The number of nitrogens with one attached hydrogen (secondary N) is 2. The molecule has 0 bridgehead atoms. The van der Waals surface area contributed by atoms with Crippen LogP contribution in [0.1, 0.15) is 43.6 Å². The van der Waals surface area contributed by atoms with Gasteiger partial charge in [-0.3, -0.25) is 14.4 Å². The van der Waals surface area contributed by atoms with E-state index >= 15 is 0 Å². The monoisotopic (exact) mass is 347 g/mol.